The molecule has 0 atom stereocenters. The Morgan fingerprint density at radius 3 is 1.65 bits per heavy atom. The smallest absolute Gasteiger partial charge is 0.342 e. The molecule has 6 rings (SSSR count). The Balaban J connectivity index is 1.14. The van der Waals surface area contributed by atoms with Crippen LogP contribution in [0, 0.1) is 0 Å². The van der Waals surface area contributed by atoms with Gasteiger partial charge in [-0.15, -0.1) is 0 Å². The molecule has 0 radical (unpaired) electrons. The number of hydrogen-bond acceptors (Lipinski definition) is 14. The lowest BCUT2D eigenvalue weighted by atomic mass is 9.99. The van der Waals surface area contributed by atoms with E-state index in [9.17, 15) is 34.5 Å². The molecule has 4 aliphatic heterocycles. The van der Waals surface area contributed by atoms with Gasteiger partial charge in [0.2, 0.25) is 0 Å². The van der Waals surface area contributed by atoms with Crippen molar-refractivity contribution in [1.82, 2.24) is 9.80 Å². The number of nitrogens with zero attached hydrogens (tertiary/aromatic N) is 4. The Morgan fingerprint density at radius 1 is 0.621 bits per heavy atom. The Labute approximate surface area is 393 Å². The van der Waals surface area contributed by atoms with E-state index in [0.717, 1.165) is 31.7 Å². The average molecular weight is 952 g/mol. The highest BCUT2D eigenvalue weighted by atomic mass is 35.5. The standard InChI is InChI=1S/C48H56Cl2N4O12/c49-45-35-26-32(16-10-5-1-3-7-14-24-62-47(60)43(35)37(55)28-38(45)56)51-65-31-42(59)54-22-18-34(19-23-54)66-40-29-39(57)46(50)36-27-33(52-64-30-41(58)53-20-12-9-13-21-53)17-11-6-2-4-8-15-25-63-48(61)44(36)40/h3-4,7-8,10-11,16-17,28-29,34,55-57H,1-2,5-6,9,12-15,18-27,30-31H2/b7-3+,8-4+,16-10+,17-11+,51-32+,52-33-. The van der Waals surface area contributed by atoms with Gasteiger partial charge in [0, 0.05) is 64.0 Å². The number of phenolic OH excluding ortho intramolecular Hbond substituents is 3. The van der Waals surface area contributed by atoms with Crippen molar-refractivity contribution in [3.63, 3.8) is 0 Å². The zero-order valence-corrected chi connectivity index (χ0v) is 38.3. The van der Waals surface area contributed by atoms with Crippen LogP contribution in [0.4, 0.5) is 0 Å². The van der Waals surface area contributed by atoms with Crippen molar-refractivity contribution in [2.75, 3.05) is 52.6 Å². The Hall–Kier alpha value is -6.00. The van der Waals surface area contributed by atoms with Gasteiger partial charge in [0.1, 0.15) is 40.2 Å². The second-order valence-corrected chi connectivity index (χ2v) is 16.9. The first-order valence-electron chi connectivity index (χ1n) is 22.3. The molecular weight excluding hydrogens is 895 g/mol. The minimum Gasteiger partial charge on any atom is -0.507 e. The van der Waals surface area contributed by atoms with Gasteiger partial charge < -0.3 is 49.0 Å². The molecule has 2 aromatic carbocycles. The fourth-order valence-corrected chi connectivity index (χ4v) is 8.22. The Morgan fingerprint density at radius 2 is 1.09 bits per heavy atom. The third-order valence-electron chi connectivity index (χ3n) is 11.3. The number of oxime groups is 2. The molecular formula is C48H56Cl2N4O12. The van der Waals surface area contributed by atoms with Gasteiger partial charge in [-0.3, -0.25) is 9.59 Å². The number of carbonyl (C=O) groups excluding carboxylic acids is 4. The number of allylic oxidation sites excluding steroid dienone is 6. The Kier molecular flexibility index (Phi) is 18.8. The van der Waals surface area contributed by atoms with E-state index in [2.05, 4.69) is 10.3 Å². The summed E-state index contributed by atoms with van der Waals surface area (Å²) in [5.41, 5.74) is 0.723. The topological polar surface area (TPSA) is 206 Å². The van der Waals surface area contributed by atoms with Crippen molar-refractivity contribution in [1.29, 1.82) is 0 Å². The van der Waals surface area contributed by atoms with Crippen molar-refractivity contribution in [3.05, 3.63) is 93.0 Å². The number of likely N-dealkylation sites (tertiary alicyclic amines) is 2. The fourth-order valence-electron chi connectivity index (χ4n) is 7.79. The summed E-state index contributed by atoms with van der Waals surface area (Å²) in [6.45, 7) is 1.38. The maximum Gasteiger partial charge on any atom is 0.342 e. The van der Waals surface area contributed by atoms with Gasteiger partial charge in [-0.1, -0.05) is 70.0 Å². The zero-order chi connectivity index (χ0) is 46.8. The van der Waals surface area contributed by atoms with Crippen LogP contribution in [0.3, 0.4) is 0 Å². The summed E-state index contributed by atoms with van der Waals surface area (Å²) < 4.78 is 17.5. The molecule has 2 aromatic rings. The number of fused-ring (bicyclic) bond motifs is 2. The van der Waals surface area contributed by atoms with Gasteiger partial charge in [0.25, 0.3) is 11.8 Å². The molecule has 0 aromatic heterocycles. The van der Waals surface area contributed by atoms with Crippen LogP contribution in [0.15, 0.2) is 71.1 Å². The van der Waals surface area contributed by atoms with E-state index in [1.807, 2.05) is 36.5 Å². The van der Waals surface area contributed by atoms with E-state index >= 15 is 0 Å². The Bertz CT molecular complexity index is 2260. The highest BCUT2D eigenvalue weighted by molar-refractivity contribution is 6.34. The lowest BCUT2D eigenvalue weighted by Gasteiger charge is -2.32. The number of hydrogen-bond donors (Lipinski definition) is 3. The number of aromatic hydroxyl groups is 3. The second kappa shape index (κ2) is 25.1. The van der Waals surface area contributed by atoms with Crippen molar-refractivity contribution in [3.8, 4) is 23.0 Å². The molecule has 0 aliphatic carbocycles. The van der Waals surface area contributed by atoms with E-state index in [-0.39, 0.29) is 107 Å². The van der Waals surface area contributed by atoms with E-state index in [1.165, 1.54) is 6.07 Å². The molecule has 2 fully saturated rings. The molecule has 0 bridgehead atoms. The molecule has 3 N–H and O–H groups in total. The maximum absolute atomic E-state index is 13.8. The van der Waals surface area contributed by atoms with Gasteiger partial charge in [-0.05, 0) is 81.1 Å². The molecule has 0 saturated carbocycles. The first kappa shape index (κ1) is 49.4. The van der Waals surface area contributed by atoms with Crippen LogP contribution in [0.25, 0.3) is 0 Å². The molecule has 0 spiro atoms. The number of phenols is 3. The van der Waals surface area contributed by atoms with Gasteiger partial charge in [-0.2, -0.15) is 0 Å². The number of cyclic esters (lactones) is 2. The van der Waals surface area contributed by atoms with Crippen molar-refractivity contribution in [2.45, 2.75) is 89.6 Å². The number of piperidine rings is 2. The average Bonchev–Trinajstić information content (AvgIpc) is 3.30. The van der Waals surface area contributed by atoms with Crippen LogP contribution in [0.5, 0.6) is 23.0 Å². The minimum absolute atomic E-state index is 0.0184. The zero-order valence-electron chi connectivity index (χ0n) is 36.8. The first-order valence-corrected chi connectivity index (χ1v) is 23.1. The van der Waals surface area contributed by atoms with Crippen LogP contribution in [-0.4, -0.2) is 119 Å². The number of ether oxygens (including phenoxy) is 3. The summed E-state index contributed by atoms with van der Waals surface area (Å²) in [7, 11) is 0. The number of rotatable bonds is 8. The molecule has 66 heavy (non-hydrogen) atoms. The molecule has 4 aliphatic rings. The quantitative estimate of drug-likeness (QED) is 0.131. The maximum atomic E-state index is 13.8. The molecule has 18 heteroatoms. The van der Waals surface area contributed by atoms with Gasteiger partial charge in [0.05, 0.1) is 34.7 Å². The van der Waals surface area contributed by atoms with E-state index < -0.39 is 36.1 Å². The molecule has 16 nitrogen and oxygen atoms in total. The summed E-state index contributed by atoms with van der Waals surface area (Å²) >= 11 is 13.2. The highest BCUT2D eigenvalue weighted by Gasteiger charge is 2.30. The van der Waals surface area contributed by atoms with Crippen LogP contribution < -0.4 is 4.74 Å². The summed E-state index contributed by atoms with van der Waals surface area (Å²) in [5.74, 6) is -3.27. The number of carbonyl (C=O) groups is 4. The van der Waals surface area contributed by atoms with Crippen LogP contribution in [0.2, 0.25) is 10.0 Å². The summed E-state index contributed by atoms with van der Waals surface area (Å²) in [6.07, 6.45) is 21.7. The van der Waals surface area contributed by atoms with Crippen LogP contribution >= 0.6 is 23.2 Å². The highest BCUT2D eigenvalue weighted by Crippen LogP contribution is 2.40. The molecule has 2 saturated heterocycles. The molecule has 2 amide bonds. The fraction of sp³-hybridized carbons (Fsp3) is 0.458. The van der Waals surface area contributed by atoms with Gasteiger partial charge in [-0.25, -0.2) is 9.59 Å². The monoisotopic (exact) mass is 950 g/mol. The number of amides is 2. The number of esters is 2. The first-order chi connectivity index (χ1) is 32.0. The van der Waals surface area contributed by atoms with E-state index in [4.69, 9.17) is 47.1 Å². The number of benzene rings is 2. The third-order valence-corrected chi connectivity index (χ3v) is 12.1. The summed E-state index contributed by atoms with van der Waals surface area (Å²) in [6, 6.07) is 2.25. The van der Waals surface area contributed by atoms with Crippen molar-refractivity contribution < 1.29 is 58.4 Å². The van der Waals surface area contributed by atoms with Gasteiger partial charge in [0.15, 0.2) is 13.2 Å². The second-order valence-electron chi connectivity index (χ2n) is 16.1. The largest absolute Gasteiger partial charge is 0.507 e. The van der Waals surface area contributed by atoms with Crippen LogP contribution in [-0.2, 0) is 41.6 Å². The van der Waals surface area contributed by atoms with Gasteiger partial charge >= 0.3 is 11.9 Å². The lowest BCUT2D eigenvalue weighted by Crippen LogP contribution is -2.43. The van der Waals surface area contributed by atoms with Crippen LogP contribution in [0.1, 0.15) is 102 Å². The van der Waals surface area contributed by atoms with Crippen molar-refractivity contribution >= 4 is 58.4 Å². The predicted molar refractivity (Wildman–Crippen MR) is 248 cm³/mol. The third kappa shape index (κ3) is 14.0. The predicted octanol–water partition coefficient (Wildman–Crippen LogP) is 7.93. The molecule has 354 valence electrons. The summed E-state index contributed by atoms with van der Waals surface area (Å²) in [4.78, 5) is 67.5. The van der Waals surface area contributed by atoms with Crippen molar-refractivity contribution in [2.24, 2.45) is 10.3 Å². The number of halogens is 2. The van der Waals surface area contributed by atoms with E-state index in [1.54, 1.807) is 22.0 Å². The molecule has 0 unspecified atom stereocenters. The normalized spacial score (nSPS) is 21.5. The van der Waals surface area contributed by atoms with E-state index in [0.29, 0.717) is 63.7 Å². The minimum atomic E-state index is -0.819. The SMILES string of the molecule is O=C1OCC/C=C/CC/C=C/C(=N\OCC(=O)N2CCC(Oc3cc(O)c(Cl)c4c3C(=O)OCC/C=C/CC/C=C/C(=N/OCC(=O)N3CCCCC3)C4)CC2)Cc2c(Cl)c(O)cc(O)c21. The summed E-state index contributed by atoms with van der Waals surface area (Å²) in [5, 5.41) is 40.3. The molecule has 4 heterocycles. The lowest BCUT2D eigenvalue weighted by molar-refractivity contribution is -0.138.